The Kier molecular flexibility index (Phi) is 6.48. The van der Waals surface area contributed by atoms with Crippen LogP contribution in [0.3, 0.4) is 0 Å². The molecule has 0 atom stereocenters. The zero-order valence-electron chi connectivity index (χ0n) is 10.5. The molecule has 1 aliphatic rings. The van der Waals surface area contributed by atoms with Crippen LogP contribution in [-0.2, 0) is 9.59 Å². The van der Waals surface area contributed by atoms with Gasteiger partial charge >= 0.3 is 18.0 Å². The Bertz CT molecular complexity index is 328. The van der Waals surface area contributed by atoms with Crippen molar-refractivity contribution in [1.82, 2.24) is 10.2 Å². The Morgan fingerprint density at radius 3 is 2.11 bits per heavy atom. The molecule has 1 heterocycles. The second-order valence-corrected chi connectivity index (χ2v) is 5.61. The average Bonchev–Trinajstić information content (AvgIpc) is 2.35. The second-order valence-electron chi connectivity index (χ2n) is 4.39. The van der Waals surface area contributed by atoms with Crippen molar-refractivity contribution in [3.8, 4) is 0 Å². The maximum Gasteiger partial charge on any atom is 0.323 e. The van der Waals surface area contributed by atoms with Crippen LogP contribution in [0.1, 0.15) is 12.8 Å². The monoisotopic (exact) mass is 290 g/mol. The summed E-state index contributed by atoms with van der Waals surface area (Å²) in [7, 11) is 0. The summed E-state index contributed by atoms with van der Waals surface area (Å²) in [5, 5.41) is 19.9. The van der Waals surface area contributed by atoms with Gasteiger partial charge in [0.1, 0.15) is 13.1 Å². The highest BCUT2D eigenvalue weighted by atomic mass is 32.2. The third kappa shape index (κ3) is 6.32. The maximum absolute atomic E-state index is 11.7. The molecule has 1 saturated heterocycles. The maximum atomic E-state index is 11.7. The Morgan fingerprint density at radius 2 is 1.63 bits per heavy atom. The van der Waals surface area contributed by atoms with E-state index >= 15 is 0 Å². The van der Waals surface area contributed by atoms with Crippen molar-refractivity contribution in [2.45, 2.75) is 12.8 Å². The van der Waals surface area contributed by atoms with E-state index in [2.05, 4.69) is 5.32 Å². The molecule has 19 heavy (non-hydrogen) atoms. The molecule has 0 spiro atoms. The van der Waals surface area contributed by atoms with Crippen LogP contribution in [0.15, 0.2) is 0 Å². The zero-order valence-corrected chi connectivity index (χ0v) is 11.3. The smallest absolute Gasteiger partial charge is 0.323 e. The number of aliphatic carboxylic acids is 2. The molecule has 0 unspecified atom stereocenters. The zero-order chi connectivity index (χ0) is 14.3. The molecule has 108 valence electrons. The molecule has 0 aromatic carbocycles. The fraction of sp³-hybridized carbons (Fsp3) is 0.727. The fourth-order valence-corrected chi connectivity index (χ4v) is 3.02. The molecule has 2 amide bonds. The molecule has 0 aliphatic carbocycles. The van der Waals surface area contributed by atoms with E-state index in [1.807, 2.05) is 11.8 Å². The molecular formula is C11H18N2O5S. The van der Waals surface area contributed by atoms with Crippen molar-refractivity contribution in [1.29, 1.82) is 0 Å². The summed E-state index contributed by atoms with van der Waals surface area (Å²) in [6.07, 6.45) is 2.03. The van der Waals surface area contributed by atoms with Gasteiger partial charge in [0.05, 0.1) is 0 Å². The van der Waals surface area contributed by atoms with Crippen molar-refractivity contribution in [2.75, 3.05) is 31.1 Å². The van der Waals surface area contributed by atoms with Crippen LogP contribution < -0.4 is 5.32 Å². The first-order valence-corrected chi connectivity index (χ1v) is 7.18. The SMILES string of the molecule is O=C(O)CN(CC(=O)O)C(=O)NCC1CCSCC1. The van der Waals surface area contributed by atoms with E-state index in [0.717, 1.165) is 29.2 Å². The number of nitrogens with zero attached hydrogens (tertiary/aromatic N) is 1. The molecule has 0 saturated carbocycles. The highest BCUT2D eigenvalue weighted by Crippen LogP contribution is 2.21. The number of amides is 2. The van der Waals surface area contributed by atoms with E-state index in [9.17, 15) is 14.4 Å². The van der Waals surface area contributed by atoms with Gasteiger partial charge in [0, 0.05) is 6.54 Å². The van der Waals surface area contributed by atoms with Crippen molar-refractivity contribution in [2.24, 2.45) is 5.92 Å². The van der Waals surface area contributed by atoms with Crippen molar-refractivity contribution >= 4 is 29.7 Å². The summed E-state index contributed by atoms with van der Waals surface area (Å²) in [4.78, 5) is 33.7. The quantitative estimate of drug-likeness (QED) is 0.650. The van der Waals surface area contributed by atoms with Crippen LogP contribution in [0.5, 0.6) is 0 Å². The first-order valence-electron chi connectivity index (χ1n) is 6.03. The van der Waals surface area contributed by atoms with Crippen LogP contribution in [0.25, 0.3) is 0 Å². The van der Waals surface area contributed by atoms with E-state index in [4.69, 9.17) is 10.2 Å². The van der Waals surface area contributed by atoms with Gasteiger partial charge < -0.3 is 20.4 Å². The van der Waals surface area contributed by atoms with E-state index in [0.29, 0.717) is 12.5 Å². The van der Waals surface area contributed by atoms with E-state index in [1.165, 1.54) is 0 Å². The molecule has 0 aromatic rings. The van der Waals surface area contributed by atoms with Gasteiger partial charge in [-0.3, -0.25) is 9.59 Å². The number of carbonyl (C=O) groups is 3. The Labute approximate surface area is 115 Å². The van der Waals surface area contributed by atoms with Crippen molar-refractivity contribution < 1.29 is 24.6 Å². The predicted octanol–water partition coefficient (Wildman–Crippen LogP) is 0.310. The van der Waals surface area contributed by atoms with E-state index in [1.54, 1.807) is 0 Å². The summed E-state index contributed by atoms with van der Waals surface area (Å²) in [5.74, 6) is 0.0564. The summed E-state index contributed by atoms with van der Waals surface area (Å²) >= 11 is 1.88. The minimum absolute atomic E-state index is 0.390. The topological polar surface area (TPSA) is 107 Å². The summed E-state index contributed by atoms with van der Waals surface area (Å²) in [5.41, 5.74) is 0. The number of rotatable bonds is 6. The molecule has 0 aromatic heterocycles. The van der Waals surface area contributed by atoms with Gasteiger partial charge in [-0.25, -0.2) is 4.79 Å². The van der Waals surface area contributed by atoms with Gasteiger partial charge in [-0.05, 0) is 30.3 Å². The predicted molar refractivity (Wildman–Crippen MR) is 70.3 cm³/mol. The molecule has 1 aliphatic heterocycles. The first kappa shape index (κ1) is 15.6. The van der Waals surface area contributed by atoms with Gasteiger partial charge in [0.2, 0.25) is 0 Å². The number of nitrogens with one attached hydrogen (secondary N) is 1. The fourth-order valence-electron chi connectivity index (χ4n) is 1.82. The Balaban J connectivity index is 2.41. The average molecular weight is 290 g/mol. The van der Waals surface area contributed by atoms with Crippen molar-refractivity contribution in [3.63, 3.8) is 0 Å². The standard InChI is InChI=1S/C11H18N2O5S/c14-9(15)6-13(7-10(16)17)11(18)12-5-8-1-3-19-4-2-8/h8H,1-7H2,(H,12,18)(H,14,15)(H,16,17). The van der Waals surface area contributed by atoms with Crippen LogP contribution in [0, 0.1) is 5.92 Å². The number of urea groups is 1. The number of hydrogen-bond donors (Lipinski definition) is 3. The largest absolute Gasteiger partial charge is 0.480 e. The number of carboxylic acid groups (broad SMARTS) is 2. The second kappa shape index (κ2) is 7.88. The Morgan fingerprint density at radius 1 is 1.11 bits per heavy atom. The minimum Gasteiger partial charge on any atom is -0.480 e. The number of carboxylic acids is 2. The Hall–Kier alpha value is -1.44. The van der Waals surface area contributed by atoms with Crippen LogP contribution in [-0.4, -0.2) is 64.2 Å². The van der Waals surface area contributed by atoms with E-state index < -0.39 is 31.1 Å². The summed E-state index contributed by atoms with van der Waals surface area (Å²) in [6, 6.07) is -0.636. The molecule has 0 bridgehead atoms. The lowest BCUT2D eigenvalue weighted by atomic mass is 10.0. The first-order chi connectivity index (χ1) is 8.99. The highest BCUT2D eigenvalue weighted by molar-refractivity contribution is 7.99. The van der Waals surface area contributed by atoms with Gasteiger partial charge in [0.25, 0.3) is 0 Å². The highest BCUT2D eigenvalue weighted by Gasteiger charge is 2.21. The number of hydrogen-bond acceptors (Lipinski definition) is 4. The summed E-state index contributed by atoms with van der Waals surface area (Å²) in [6.45, 7) is -0.758. The summed E-state index contributed by atoms with van der Waals surface area (Å²) < 4.78 is 0. The molecule has 8 heteroatoms. The minimum atomic E-state index is -1.23. The number of carbonyl (C=O) groups excluding carboxylic acids is 1. The lowest BCUT2D eigenvalue weighted by molar-refractivity contribution is -0.140. The molecule has 1 rings (SSSR count). The van der Waals surface area contributed by atoms with Crippen LogP contribution in [0.2, 0.25) is 0 Å². The van der Waals surface area contributed by atoms with Crippen molar-refractivity contribution in [3.05, 3.63) is 0 Å². The molecule has 3 N–H and O–H groups in total. The lowest BCUT2D eigenvalue weighted by Gasteiger charge is -2.24. The lowest BCUT2D eigenvalue weighted by Crippen LogP contribution is -2.46. The van der Waals surface area contributed by atoms with Gasteiger partial charge in [-0.1, -0.05) is 0 Å². The van der Waals surface area contributed by atoms with E-state index in [-0.39, 0.29) is 0 Å². The van der Waals surface area contributed by atoms with Crippen LogP contribution in [0.4, 0.5) is 4.79 Å². The molecule has 0 radical (unpaired) electrons. The molecule has 7 nitrogen and oxygen atoms in total. The molecular weight excluding hydrogens is 272 g/mol. The third-order valence-corrected chi connectivity index (χ3v) is 3.87. The normalized spacial score (nSPS) is 15.8. The molecule has 1 fully saturated rings. The third-order valence-electron chi connectivity index (χ3n) is 2.82. The number of thioether (sulfide) groups is 1. The van der Waals surface area contributed by atoms with Gasteiger partial charge in [-0.2, -0.15) is 11.8 Å². The van der Waals surface area contributed by atoms with Gasteiger partial charge in [-0.15, -0.1) is 0 Å². The van der Waals surface area contributed by atoms with Crippen LogP contribution >= 0.6 is 11.8 Å². The van der Waals surface area contributed by atoms with Gasteiger partial charge in [0.15, 0.2) is 0 Å².